The van der Waals surface area contributed by atoms with E-state index < -0.39 is 12.1 Å². The number of aryl methyl sites for hydroxylation is 1. The standard InChI is InChI=1S/C18H21N3O3/c1-12-7-15(8-16(10-20)18(22)24-13(2)9-19)14(3)21(12)11-17-5-4-6-23-17/h7-8,13,17H,4-6,11H2,1-3H3/b16-8+/t13-,17-/m0/s1. The zero-order chi connectivity index (χ0) is 17.7. The van der Waals surface area contributed by atoms with Gasteiger partial charge in [-0.15, -0.1) is 0 Å². The topological polar surface area (TPSA) is 88.0 Å². The molecule has 126 valence electrons. The van der Waals surface area contributed by atoms with E-state index in [2.05, 4.69) is 4.57 Å². The predicted octanol–water partition coefficient (Wildman–Crippen LogP) is 2.65. The van der Waals surface area contributed by atoms with Gasteiger partial charge in [-0.1, -0.05) is 0 Å². The lowest BCUT2D eigenvalue weighted by molar-refractivity contribution is -0.140. The number of carbonyl (C=O) groups excluding carboxylic acids is 1. The third kappa shape index (κ3) is 4.04. The smallest absolute Gasteiger partial charge is 0.350 e. The van der Waals surface area contributed by atoms with Crippen LogP contribution < -0.4 is 0 Å². The molecule has 1 aromatic rings. The van der Waals surface area contributed by atoms with Crippen LogP contribution in [0.15, 0.2) is 11.6 Å². The Balaban J connectivity index is 2.23. The van der Waals surface area contributed by atoms with Crippen LogP contribution in [-0.4, -0.2) is 29.4 Å². The van der Waals surface area contributed by atoms with E-state index in [0.717, 1.165) is 42.9 Å². The highest BCUT2D eigenvalue weighted by Gasteiger charge is 2.20. The quantitative estimate of drug-likeness (QED) is 0.471. The molecule has 0 bridgehead atoms. The minimum Gasteiger partial charge on any atom is -0.443 e. The fourth-order valence-corrected chi connectivity index (χ4v) is 2.79. The van der Waals surface area contributed by atoms with Crippen LogP contribution in [0.2, 0.25) is 0 Å². The Morgan fingerprint density at radius 1 is 1.54 bits per heavy atom. The lowest BCUT2D eigenvalue weighted by Gasteiger charge is -2.14. The van der Waals surface area contributed by atoms with Gasteiger partial charge in [-0.05, 0) is 51.3 Å². The van der Waals surface area contributed by atoms with Crippen LogP contribution in [0.3, 0.4) is 0 Å². The summed E-state index contributed by atoms with van der Waals surface area (Å²) in [5.74, 6) is -0.782. The average molecular weight is 327 g/mol. The third-order valence-corrected chi connectivity index (χ3v) is 4.13. The van der Waals surface area contributed by atoms with Gasteiger partial charge in [0.1, 0.15) is 17.7 Å². The monoisotopic (exact) mass is 327 g/mol. The van der Waals surface area contributed by atoms with Crippen molar-refractivity contribution in [2.75, 3.05) is 6.61 Å². The predicted molar refractivity (Wildman–Crippen MR) is 87.6 cm³/mol. The molecule has 2 rings (SSSR count). The molecule has 1 saturated heterocycles. The molecule has 0 unspecified atom stereocenters. The lowest BCUT2D eigenvalue weighted by Crippen LogP contribution is -2.17. The van der Waals surface area contributed by atoms with Crippen LogP contribution in [0, 0.1) is 36.5 Å². The van der Waals surface area contributed by atoms with Gasteiger partial charge in [-0.25, -0.2) is 4.79 Å². The molecule has 0 aromatic carbocycles. The molecule has 24 heavy (non-hydrogen) atoms. The normalized spacial score (nSPS) is 18.7. The molecule has 1 aliphatic heterocycles. The zero-order valence-electron chi connectivity index (χ0n) is 14.2. The Morgan fingerprint density at radius 3 is 2.88 bits per heavy atom. The molecular formula is C18H21N3O3. The zero-order valence-corrected chi connectivity index (χ0v) is 14.2. The Hall–Kier alpha value is -2.57. The number of nitriles is 2. The SMILES string of the molecule is Cc1cc(/C=C(\C#N)C(=O)O[C@@H](C)C#N)c(C)n1C[C@@H]1CCCO1. The lowest BCUT2D eigenvalue weighted by atomic mass is 10.1. The van der Waals surface area contributed by atoms with Crippen molar-refractivity contribution < 1.29 is 14.3 Å². The van der Waals surface area contributed by atoms with E-state index in [1.165, 1.54) is 13.0 Å². The van der Waals surface area contributed by atoms with Gasteiger partial charge in [0, 0.05) is 24.5 Å². The maximum absolute atomic E-state index is 11.9. The highest BCUT2D eigenvalue weighted by molar-refractivity contribution is 5.98. The summed E-state index contributed by atoms with van der Waals surface area (Å²) in [6.45, 7) is 6.97. The summed E-state index contributed by atoms with van der Waals surface area (Å²) in [6.07, 6.45) is 2.97. The number of carbonyl (C=O) groups is 1. The molecule has 0 N–H and O–H groups in total. The molecule has 0 amide bonds. The van der Waals surface area contributed by atoms with Crippen LogP contribution in [0.5, 0.6) is 0 Å². The number of hydrogen-bond acceptors (Lipinski definition) is 5. The summed E-state index contributed by atoms with van der Waals surface area (Å²) in [5, 5.41) is 17.9. The summed E-state index contributed by atoms with van der Waals surface area (Å²) >= 11 is 0. The van der Waals surface area contributed by atoms with Gasteiger partial charge in [-0.3, -0.25) is 0 Å². The molecule has 2 atom stereocenters. The molecule has 2 heterocycles. The number of ether oxygens (including phenoxy) is 2. The second-order valence-electron chi connectivity index (χ2n) is 5.92. The molecule has 6 nitrogen and oxygen atoms in total. The first-order valence-electron chi connectivity index (χ1n) is 7.97. The summed E-state index contributed by atoms with van der Waals surface area (Å²) in [5.41, 5.74) is 2.69. The molecular weight excluding hydrogens is 306 g/mol. The Kier molecular flexibility index (Phi) is 5.78. The maximum Gasteiger partial charge on any atom is 0.350 e. The van der Waals surface area contributed by atoms with Crippen LogP contribution in [0.25, 0.3) is 6.08 Å². The first-order chi connectivity index (χ1) is 11.5. The summed E-state index contributed by atoms with van der Waals surface area (Å²) in [6, 6.07) is 5.59. The van der Waals surface area contributed by atoms with Crippen molar-refractivity contribution in [3.63, 3.8) is 0 Å². The number of rotatable bonds is 5. The number of hydrogen-bond donors (Lipinski definition) is 0. The number of aromatic nitrogens is 1. The fourth-order valence-electron chi connectivity index (χ4n) is 2.79. The molecule has 1 fully saturated rings. The van der Waals surface area contributed by atoms with Gasteiger partial charge in [-0.2, -0.15) is 10.5 Å². The largest absolute Gasteiger partial charge is 0.443 e. The molecule has 0 saturated carbocycles. The number of esters is 1. The second kappa shape index (κ2) is 7.81. The Labute approximate surface area is 141 Å². The van der Waals surface area contributed by atoms with Crippen molar-refractivity contribution in [2.24, 2.45) is 0 Å². The molecule has 1 aliphatic rings. The van der Waals surface area contributed by atoms with E-state index in [9.17, 15) is 10.1 Å². The van der Waals surface area contributed by atoms with Crippen molar-refractivity contribution in [1.29, 1.82) is 10.5 Å². The van der Waals surface area contributed by atoms with E-state index in [0.29, 0.717) is 0 Å². The van der Waals surface area contributed by atoms with Gasteiger partial charge >= 0.3 is 5.97 Å². The van der Waals surface area contributed by atoms with Crippen molar-refractivity contribution in [1.82, 2.24) is 4.57 Å². The molecule has 0 radical (unpaired) electrons. The van der Waals surface area contributed by atoms with Crippen molar-refractivity contribution in [3.05, 3.63) is 28.6 Å². The van der Waals surface area contributed by atoms with E-state index in [1.807, 2.05) is 26.0 Å². The highest BCUT2D eigenvalue weighted by atomic mass is 16.5. The minimum atomic E-state index is -0.888. The molecule has 0 spiro atoms. The summed E-state index contributed by atoms with van der Waals surface area (Å²) in [7, 11) is 0. The minimum absolute atomic E-state index is 0.116. The van der Waals surface area contributed by atoms with Gasteiger partial charge in [0.25, 0.3) is 0 Å². The maximum atomic E-state index is 11.9. The van der Waals surface area contributed by atoms with Crippen molar-refractivity contribution in [3.8, 4) is 12.1 Å². The van der Waals surface area contributed by atoms with Gasteiger partial charge < -0.3 is 14.0 Å². The van der Waals surface area contributed by atoms with Crippen LogP contribution in [0.4, 0.5) is 0 Å². The molecule has 0 aliphatic carbocycles. The second-order valence-corrected chi connectivity index (χ2v) is 5.92. The Bertz CT molecular complexity index is 728. The van der Waals surface area contributed by atoms with Crippen LogP contribution in [0.1, 0.15) is 36.7 Å². The summed E-state index contributed by atoms with van der Waals surface area (Å²) < 4.78 is 12.7. The van der Waals surface area contributed by atoms with Gasteiger partial charge in [0.15, 0.2) is 6.10 Å². The van der Waals surface area contributed by atoms with Crippen LogP contribution in [-0.2, 0) is 20.8 Å². The first kappa shape index (κ1) is 17.8. The van der Waals surface area contributed by atoms with E-state index in [1.54, 1.807) is 6.07 Å². The average Bonchev–Trinajstić information content (AvgIpc) is 3.16. The Morgan fingerprint density at radius 2 is 2.29 bits per heavy atom. The van der Waals surface area contributed by atoms with E-state index in [-0.39, 0.29) is 11.7 Å². The van der Waals surface area contributed by atoms with Crippen LogP contribution >= 0.6 is 0 Å². The highest BCUT2D eigenvalue weighted by Crippen LogP contribution is 2.22. The summed E-state index contributed by atoms with van der Waals surface area (Å²) in [4.78, 5) is 11.9. The number of nitrogens with zero attached hydrogens (tertiary/aromatic N) is 3. The van der Waals surface area contributed by atoms with E-state index >= 15 is 0 Å². The van der Waals surface area contributed by atoms with Gasteiger partial charge in [0.2, 0.25) is 0 Å². The molecule has 1 aromatic heterocycles. The molecule has 6 heteroatoms. The van der Waals surface area contributed by atoms with Gasteiger partial charge in [0.05, 0.1) is 6.10 Å². The fraction of sp³-hybridized carbons (Fsp3) is 0.500. The third-order valence-electron chi connectivity index (χ3n) is 4.13. The van der Waals surface area contributed by atoms with Crippen molar-refractivity contribution >= 4 is 12.0 Å². The van der Waals surface area contributed by atoms with Crippen molar-refractivity contribution in [2.45, 2.75) is 52.4 Å². The van der Waals surface area contributed by atoms with E-state index in [4.69, 9.17) is 14.7 Å². The first-order valence-corrected chi connectivity index (χ1v) is 7.97.